The van der Waals surface area contributed by atoms with Gasteiger partial charge in [-0.2, -0.15) is 0 Å². The van der Waals surface area contributed by atoms with Crippen molar-refractivity contribution < 1.29 is 4.92 Å². The van der Waals surface area contributed by atoms with Gasteiger partial charge in [-0.15, -0.1) is 0 Å². The highest BCUT2D eigenvalue weighted by Gasteiger charge is 2.11. The van der Waals surface area contributed by atoms with Gasteiger partial charge >= 0.3 is 0 Å². The summed E-state index contributed by atoms with van der Waals surface area (Å²) in [5, 5.41) is 14.4. The molecule has 0 saturated carbocycles. The number of halogens is 1. The first-order valence-corrected chi connectivity index (χ1v) is 7.40. The summed E-state index contributed by atoms with van der Waals surface area (Å²) in [6.45, 7) is 5.18. The molecule has 1 heterocycles. The van der Waals surface area contributed by atoms with Crippen LogP contribution in [0.5, 0.6) is 0 Å². The molecule has 1 aromatic carbocycles. The third-order valence-electron chi connectivity index (χ3n) is 3.59. The molecular weight excluding hydrogens is 278 g/mol. The molecule has 0 unspecified atom stereocenters. The number of benzene rings is 1. The van der Waals surface area contributed by atoms with Crippen LogP contribution in [0.15, 0.2) is 18.2 Å². The van der Waals surface area contributed by atoms with Crippen molar-refractivity contribution in [2.45, 2.75) is 25.8 Å². The van der Waals surface area contributed by atoms with E-state index >= 15 is 0 Å². The van der Waals surface area contributed by atoms with Crippen molar-refractivity contribution in [2.24, 2.45) is 0 Å². The zero-order valence-electron chi connectivity index (χ0n) is 11.5. The van der Waals surface area contributed by atoms with E-state index in [4.69, 9.17) is 11.6 Å². The van der Waals surface area contributed by atoms with Crippen LogP contribution in [-0.2, 0) is 6.54 Å². The van der Waals surface area contributed by atoms with E-state index < -0.39 is 4.92 Å². The highest BCUT2D eigenvalue weighted by Crippen LogP contribution is 2.22. The molecule has 0 atom stereocenters. The number of nitro groups is 1. The summed E-state index contributed by atoms with van der Waals surface area (Å²) in [7, 11) is 0. The summed E-state index contributed by atoms with van der Waals surface area (Å²) in [6, 6.07) is 4.61. The van der Waals surface area contributed by atoms with E-state index in [1.54, 1.807) is 6.07 Å². The fraction of sp³-hybridized carbons (Fsp3) is 0.571. The van der Waals surface area contributed by atoms with Crippen molar-refractivity contribution in [1.82, 2.24) is 10.2 Å². The topological polar surface area (TPSA) is 58.4 Å². The number of nitro benzene ring substituents is 1. The van der Waals surface area contributed by atoms with Gasteiger partial charge < -0.3 is 10.2 Å². The Morgan fingerprint density at radius 1 is 1.35 bits per heavy atom. The fourth-order valence-corrected chi connectivity index (χ4v) is 2.69. The number of nitrogens with zero attached hydrogens (tertiary/aromatic N) is 2. The lowest BCUT2D eigenvalue weighted by atomic mass is 10.2. The largest absolute Gasteiger partial charge is 0.313 e. The van der Waals surface area contributed by atoms with Crippen LogP contribution in [0.2, 0.25) is 5.02 Å². The molecule has 1 fully saturated rings. The van der Waals surface area contributed by atoms with Gasteiger partial charge in [0.1, 0.15) is 0 Å². The normalized spacial score (nSPS) is 15.7. The van der Waals surface area contributed by atoms with Gasteiger partial charge in [-0.1, -0.05) is 11.6 Å². The fourth-order valence-electron chi connectivity index (χ4n) is 2.45. The molecule has 0 aliphatic carbocycles. The Balaban J connectivity index is 1.69. The summed E-state index contributed by atoms with van der Waals surface area (Å²) in [5.41, 5.74) is 0.936. The predicted octanol–water partition coefficient (Wildman–Crippen LogP) is 2.82. The van der Waals surface area contributed by atoms with Crippen molar-refractivity contribution >= 4 is 17.3 Å². The van der Waals surface area contributed by atoms with Crippen LogP contribution in [0, 0.1) is 10.1 Å². The molecule has 0 aromatic heterocycles. The maximum atomic E-state index is 10.6. The van der Waals surface area contributed by atoms with Crippen LogP contribution in [-0.4, -0.2) is 36.0 Å². The van der Waals surface area contributed by atoms with Gasteiger partial charge in [-0.25, -0.2) is 0 Å². The summed E-state index contributed by atoms with van der Waals surface area (Å²) >= 11 is 6.04. The maximum absolute atomic E-state index is 10.6. The molecule has 1 aliphatic heterocycles. The van der Waals surface area contributed by atoms with Crippen LogP contribution >= 0.6 is 11.6 Å². The van der Waals surface area contributed by atoms with Crippen molar-refractivity contribution in [3.05, 3.63) is 38.9 Å². The van der Waals surface area contributed by atoms with Crippen molar-refractivity contribution in [3.63, 3.8) is 0 Å². The Hall–Kier alpha value is -1.17. The second kappa shape index (κ2) is 7.57. The maximum Gasteiger partial charge on any atom is 0.270 e. The van der Waals surface area contributed by atoms with Crippen molar-refractivity contribution in [2.75, 3.05) is 26.2 Å². The minimum atomic E-state index is -0.431. The first-order chi connectivity index (χ1) is 9.66. The summed E-state index contributed by atoms with van der Waals surface area (Å²) in [5.74, 6) is 0. The number of hydrogen-bond acceptors (Lipinski definition) is 4. The molecule has 1 aromatic rings. The number of likely N-dealkylation sites (tertiary alicyclic amines) is 1. The van der Waals surface area contributed by atoms with Gasteiger partial charge in [-0.3, -0.25) is 10.1 Å². The Bertz CT molecular complexity index is 462. The van der Waals surface area contributed by atoms with Crippen molar-refractivity contribution in [1.29, 1.82) is 0 Å². The van der Waals surface area contributed by atoms with E-state index in [-0.39, 0.29) is 5.69 Å². The van der Waals surface area contributed by atoms with E-state index in [1.807, 2.05) is 0 Å². The number of non-ortho nitro benzene ring substituents is 1. The molecule has 5 nitrogen and oxygen atoms in total. The van der Waals surface area contributed by atoms with E-state index in [1.165, 1.54) is 38.1 Å². The molecule has 1 N–H and O–H groups in total. The highest BCUT2D eigenvalue weighted by atomic mass is 35.5. The quantitative estimate of drug-likeness (QED) is 0.478. The lowest BCUT2D eigenvalue weighted by Crippen LogP contribution is -2.24. The van der Waals surface area contributed by atoms with Crippen LogP contribution in [0.4, 0.5) is 5.69 Å². The van der Waals surface area contributed by atoms with Crippen LogP contribution in [0.25, 0.3) is 0 Å². The van der Waals surface area contributed by atoms with E-state index in [2.05, 4.69) is 10.2 Å². The molecule has 1 aliphatic rings. The third kappa shape index (κ3) is 4.44. The summed E-state index contributed by atoms with van der Waals surface area (Å²) in [4.78, 5) is 12.7. The Morgan fingerprint density at radius 2 is 2.10 bits per heavy atom. The second-order valence-corrected chi connectivity index (χ2v) is 5.52. The van der Waals surface area contributed by atoms with Gasteiger partial charge in [0, 0.05) is 18.7 Å². The van der Waals surface area contributed by atoms with Gasteiger partial charge in [0.2, 0.25) is 0 Å². The van der Waals surface area contributed by atoms with Gasteiger partial charge in [-0.05, 0) is 57.1 Å². The Morgan fingerprint density at radius 3 is 2.75 bits per heavy atom. The number of hydrogen-bond donors (Lipinski definition) is 1. The van der Waals surface area contributed by atoms with Crippen molar-refractivity contribution in [3.8, 4) is 0 Å². The molecule has 0 bridgehead atoms. The van der Waals surface area contributed by atoms with Crippen LogP contribution in [0.3, 0.4) is 0 Å². The third-order valence-corrected chi connectivity index (χ3v) is 3.94. The zero-order valence-corrected chi connectivity index (χ0v) is 12.2. The molecule has 6 heteroatoms. The van der Waals surface area contributed by atoms with Gasteiger partial charge in [0.15, 0.2) is 0 Å². The Kier molecular flexibility index (Phi) is 5.76. The first kappa shape index (κ1) is 15.2. The predicted molar refractivity (Wildman–Crippen MR) is 80.1 cm³/mol. The van der Waals surface area contributed by atoms with E-state index in [9.17, 15) is 10.1 Å². The smallest absolute Gasteiger partial charge is 0.270 e. The van der Waals surface area contributed by atoms with Crippen LogP contribution in [0.1, 0.15) is 24.8 Å². The molecule has 110 valence electrons. The minimum absolute atomic E-state index is 0.0350. The zero-order chi connectivity index (χ0) is 14.4. The monoisotopic (exact) mass is 297 g/mol. The molecule has 0 radical (unpaired) electrons. The van der Waals surface area contributed by atoms with E-state index in [0.717, 1.165) is 25.1 Å². The minimum Gasteiger partial charge on any atom is -0.313 e. The highest BCUT2D eigenvalue weighted by molar-refractivity contribution is 6.31. The van der Waals surface area contributed by atoms with Gasteiger partial charge in [0.25, 0.3) is 5.69 Å². The number of rotatable bonds is 7. The van der Waals surface area contributed by atoms with Crippen LogP contribution < -0.4 is 5.32 Å². The second-order valence-electron chi connectivity index (χ2n) is 5.11. The standard InChI is InChI=1S/C14H20ClN3O2/c15-14-10-13(18(19)20)5-4-12(14)11-16-6-3-9-17-7-1-2-8-17/h4-5,10,16H,1-3,6-9,11H2. The molecule has 0 amide bonds. The number of nitrogens with one attached hydrogen (secondary N) is 1. The average Bonchev–Trinajstić information content (AvgIpc) is 2.93. The average molecular weight is 298 g/mol. The van der Waals surface area contributed by atoms with Gasteiger partial charge in [0.05, 0.1) is 9.95 Å². The molecule has 1 saturated heterocycles. The molecular formula is C14H20ClN3O2. The molecule has 20 heavy (non-hydrogen) atoms. The summed E-state index contributed by atoms with van der Waals surface area (Å²) < 4.78 is 0. The Labute approximate surface area is 124 Å². The molecule has 0 spiro atoms. The lowest BCUT2D eigenvalue weighted by Gasteiger charge is -2.14. The molecule has 2 rings (SSSR count). The SMILES string of the molecule is O=[N+]([O-])c1ccc(CNCCCN2CCCC2)c(Cl)c1. The summed E-state index contributed by atoms with van der Waals surface area (Å²) in [6.07, 6.45) is 3.77. The lowest BCUT2D eigenvalue weighted by molar-refractivity contribution is -0.384. The van der Waals surface area contributed by atoms with E-state index in [0.29, 0.717) is 11.6 Å². The first-order valence-electron chi connectivity index (χ1n) is 7.03.